The van der Waals surface area contributed by atoms with E-state index in [-0.39, 0.29) is 0 Å². The van der Waals surface area contributed by atoms with Crippen LogP contribution in [0.3, 0.4) is 0 Å². The molecule has 0 saturated heterocycles. The fourth-order valence-corrected chi connectivity index (χ4v) is 2.87. The van der Waals surface area contributed by atoms with Gasteiger partial charge in [0, 0.05) is 11.1 Å². The first-order valence-corrected chi connectivity index (χ1v) is 8.44. The van der Waals surface area contributed by atoms with Crippen LogP contribution in [0.2, 0.25) is 0 Å². The van der Waals surface area contributed by atoms with Gasteiger partial charge in [-0.1, -0.05) is 26.7 Å². The molecule has 4 nitrogen and oxygen atoms in total. The van der Waals surface area contributed by atoms with Crippen LogP contribution in [0.4, 0.5) is 0 Å². The van der Waals surface area contributed by atoms with Crippen molar-refractivity contribution >= 4 is 22.8 Å². The Kier molecular flexibility index (Phi) is 5.79. The molecule has 116 valence electrons. The molecule has 21 heavy (non-hydrogen) atoms. The number of nitrogens with zero attached hydrogens (tertiary/aromatic N) is 2. The Labute approximate surface area is 130 Å². The first-order valence-electron chi connectivity index (χ1n) is 7.71. The third-order valence-corrected chi connectivity index (χ3v) is 4.10. The van der Waals surface area contributed by atoms with Gasteiger partial charge in [0.1, 0.15) is 11.0 Å². The van der Waals surface area contributed by atoms with Gasteiger partial charge in [0.25, 0.3) is 0 Å². The number of benzene rings is 1. The van der Waals surface area contributed by atoms with Crippen LogP contribution in [0, 0.1) is 13.8 Å². The monoisotopic (exact) mass is 308 g/mol. The Morgan fingerprint density at radius 1 is 0.810 bits per heavy atom. The van der Waals surface area contributed by atoms with E-state index in [1.165, 1.54) is 11.7 Å². The molecule has 5 heteroatoms. The zero-order valence-corrected chi connectivity index (χ0v) is 14.2. The maximum Gasteiger partial charge on any atom is 0.166 e. The summed E-state index contributed by atoms with van der Waals surface area (Å²) in [5.74, 6) is 1.69. The summed E-state index contributed by atoms with van der Waals surface area (Å²) >= 11 is 1.24. The van der Waals surface area contributed by atoms with Gasteiger partial charge in [-0.15, -0.1) is 0 Å². The van der Waals surface area contributed by atoms with Crippen molar-refractivity contribution in [2.45, 2.75) is 53.4 Å². The minimum Gasteiger partial charge on any atom is -0.489 e. The van der Waals surface area contributed by atoms with Crippen molar-refractivity contribution in [1.29, 1.82) is 0 Å². The van der Waals surface area contributed by atoms with E-state index >= 15 is 0 Å². The summed E-state index contributed by atoms with van der Waals surface area (Å²) in [4.78, 5) is 0. The van der Waals surface area contributed by atoms with Crippen molar-refractivity contribution in [3.63, 3.8) is 0 Å². The van der Waals surface area contributed by atoms with Gasteiger partial charge in [0.2, 0.25) is 0 Å². The van der Waals surface area contributed by atoms with E-state index in [1.807, 2.05) is 13.8 Å². The SMILES string of the molecule is CCCCOc1c(OCCCC)c(C)c2nsnc2c1C. The van der Waals surface area contributed by atoms with Crippen molar-refractivity contribution in [2.24, 2.45) is 0 Å². The fraction of sp³-hybridized carbons (Fsp3) is 0.625. The molecule has 2 aromatic rings. The average Bonchev–Trinajstić information content (AvgIpc) is 2.97. The van der Waals surface area contributed by atoms with Gasteiger partial charge in [-0.05, 0) is 26.7 Å². The lowest BCUT2D eigenvalue weighted by molar-refractivity contribution is 0.260. The zero-order chi connectivity index (χ0) is 15.2. The maximum atomic E-state index is 6.01. The summed E-state index contributed by atoms with van der Waals surface area (Å²) in [6.45, 7) is 9.82. The number of ether oxygens (including phenoxy) is 2. The summed E-state index contributed by atoms with van der Waals surface area (Å²) < 4.78 is 20.8. The second kappa shape index (κ2) is 7.59. The third-order valence-electron chi connectivity index (χ3n) is 3.57. The van der Waals surface area contributed by atoms with Crippen LogP contribution in [-0.2, 0) is 0 Å². The molecule has 0 aliphatic carbocycles. The first-order chi connectivity index (χ1) is 10.2. The second-order valence-electron chi connectivity index (χ2n) is 5.27. The lowest BCUT2D eigenvalue weighted by Crippen LogP contribution is -2.06. The van der Waals surface area contributed by atoms with E-state index in [4.69, 9.17) is 9.47 Å². The van der Waals surface area contributed by atoms with Gasteiger partial charge < -0.3 is 9.47 Å². The van der Waals surface area contributed by atoms with Crippen molar-refractivity contribution < 1.29 is 9.47 Å². The third kappa shape index (κ3) is 3.46. The van der Waals surface area contributed by atoms with E-state index in [0.717, 1.165) is 59.3 Å². The van der Waals surface area contributed by atoms with Gasteiger partial charge >= 0.3 is 0 Å². The van der Waals surface area contributed by atoms with Gasteiger partial charge in [-0.3, -0.25) is 0 Å². The van der Waals surface area contributed by atoms with Crippen LogP contribution in [0.25, 0.3) is 11.0 Å². The van der Waals surface area contributed by atoms with Gasteiger partial charge in [-0.2, -0.15) is 8.75 Å². The Morgan fingerprint density at radius 3 is 1.62 bits per heavy atom. The Hall–Kier alpha value is -1.36. The molecule has 1 aromatic carbocycles. The molecule has 0 N–H and O–H groups in total. The molecule has 0 aliphatic rings. The van der Waals surface area contributed by atoms with Crippen LogP contribution in [0.5, 0.6) is 11.5 Å². The highest BCUT2D eigenvalue weighted by atomic mass is 32.1. The lowest BCUT2D eigenvalue weighted by atomic mass is 10.1. The Balaban J connectivity index is 2.39. The summed E-state index contributed by atoms with van der Waals surface area (Å²) in [5.41, 5.74) is 3.94. The smallest absolute Gasteiger partial charge is 0.166 e. The predicted molar refractivity (Wildman–Crippen MR) is 87.7 cm³/mol. The summed E-state index contributed by atoms with van der Waals surface area (Å²) in [5, 5.41) is 0. The molecular formula is C16H24N2O2S. The molecule has 1 heterocycles. The van der Waals surface area contributed by atoms with E-state index < -0.39 is 0 Å². The van der Waals surface area contributed by atoms with E-state index in [9.17, 15) is 0 Å². The zero-order valence-electron chi connectivity index (χ0n) is 13.4. The number of unbranched alkanes of at least 4 members (excludes halogenated alkanes) is 2. The second-order valence-corrected chi connectivity index (χ2v) is 5.80. The minimum absolute atomic E-state index is 0.712. The number of hydrogen-bond donors (Lipinski definition) is 0. The molecule has 0 bridgehead atoms. The number of rotatable bonds is 8. The molecule has 0 amide bonds. The molecule has 0 atom stereocenters. The Morgan fingerprint density at radius 2 is 1.24 bits per heavy atom. The largest absolute Gasteiger partial charge is 0.489 e. The predicted octanol–water partition coefficient (Wildman–Crippen LogP) is 4.67. The molecule has 0 unspecified atom stereocenters. The lowest BCUT2D eigenvalue weighted by Gasteiger charge is -2.17. The topological polar surface area (TPSA) is 44.2 Å². The number of fused-ring (bicyclic) bond motifs is 1. The molecule has 0 fully saturated rings. The minimum atomic E-state index is 0.712. The molecule has 0 saturated carbocycles. The molecule has 0 radical (unpaired) electrons. The molecule has 1 aromatic heterocycles. The molecule has 0 spiro atoms. The summed E-state index contributed by atoms with van der Waals surface area (Å²) in [6.07, 6.45) is 4.32. The van der Waals surface area contributed by atoms with Crippen LogP contribution in [-0.4, -0.2) is 22.0 Å². The number of aryl methyl sites for hydroxylation is 2. The van der Waals surface area contributed by atoms with Crippen LogP contribution >= 0.6 is 11.7 Å². The highest BCUT2D eigenvalue weighted by Gasteiger charge is 2.20. The van der Waals surface area contributed by atoms with Gasteiger partial charge in [0.15, 0.2) is 11.5 Å². The van der Waals surface area contributed by atoms with E-state index in [0.29, 0.717) is 13.2 Å². The van der Waals surface area contributed by atoms with Crippen molar-refractivity contribution in [1.82, 2.24) is 8.75 Å². The number of aromatic nitrogens is 2. The molecular weight excluding hydrogens is 284 g/mol. The highest BCUT2D eigenvalue weighted by Crippen LogP contribution is 2.40. The van der Waals surface area contributed by atoms with Crippen molar-refractivity contribution in [2.75, 3.05) is 13.2 Å². The van der Waals surface area contributed by atoms with Gasteiger partial charge in [0.05, 0.1) is 24.9 Å². The molecule has 2 rings (SSSR count). The summed E-state index contributed by atoms with van der Waals surface area (Å²) in [6, 6.07) is 0. The molecule has 0 aliphatic heterocycles. The Bertz CT molecular complexity index is 545. The number of hydrogen-bond acceptors (Lipinski definition) is 5. The van der Waals surface area contributed by atoms with E-state index in [2.05, 4.69) is 22.6 Å². The van der Waals surface area contributed by atoms with Crippen molar-refractivity contribution in [3.8, 4) is 11.5 Å². The van der Waals surface area contributed by atoms with E-state index in [1.54, 1.807) is 0 Å². The standard InChI is InChI=1S/C16H24N2O2S/c1-5-7-9-19-15-11(3)13-14(18-21-17-13)12(4)16(15)20-10-8-6-2/h5-10H2,1-4H3. The highest BCUT2D eigenvalue weighted by molar-refractivity contribution is 7.00. The normalized spacial score (nSPS) is 11.0. The van der Waals surface area contributed by atoms with Crippen molar-refractivity contribution in [3.05, 3.63) is 11.1 Å². The summed E-state index contributed by atoms with van der Waals surface area (Å²) in [7, 11) is 0. The van der Waals surface area contributed by atoms with Crippen LogP contribution < -0.4 is 9.47 Å². The van der Waals surface area contributed by atoms with Crippen LogP contribution in [0.1, 0.15) is 50.7 Å². The quantitative estimate of drug-likeness (QED) is 0.665. The maximum absolute atomic E-state index is 6.01. The first kappa shape index (κ1) is 16.0. The van der Waals surface area contributed by atoms with Gasteiger partial charge in [-0.25, -0.2) is 0 Å². The fourth-order valence-electron chi connectivity index (χ4n) is 2.22. The average molecular weight is 308 g/mol. The van der Waals surface area contributed by atoms with Crippen LogP contribution in [0.15, 0.2) is 0 Å².